The number of nitro groups is 1. The van der Waals surface area contributed by atoms with Crippen LogP contribution in [0.4, 0.5) is 0 Å². The lowest BCUT2D eigenvalue weighted by atomic mass is 10.0. The molecule has 1 unspecified atom stereocenters. The van der Waals surface area contributed by atoms with Crippen LogP contribution in [0.2, 0.25) is 0 Å². The van der Waals surface area contributed by atoms with Gasteiger partial charge in [-0.25, -0.2) is 0 Å². The fraction of sp³-hybridized carbons (Fsp3) is 0.455. The van der Waals surface area contributed by atoms with Crippen molar-refractivity contribution in [1.82, 2.24) is 5.32 Å². The molecule has 1 aliphatic heterocycles. The number of nitrogens with one attached hydrogen (secondary N) is 1. The molecule has 1 fully saturated rings. The number of hydrogen-bond donors (Lipinski definition) is 1. The van der Waals surface area contributed by atoms with Gasteiger partial charge >= 0.3 is 0 Å². The predicted octanol–water partition coefficient (Wildman–Crippen LogP) is 1.60. The molecule has 0 saturated carbocycles. The highest BCUT2D eigenvalue weighted by Gasteiger charge is 2.43. The molecule has 0 bridgehead atoms. The van der Waals surface area contributed by atoms with Crippen molar-refractivity contribution in [3.63, 3.8) is 0 Å². The first-order valence-electron chi connectivity index (χ1n) is 5.42. The highest BCUT2D eigenvalue weighted by atomic mass is 32.2. The summed E-state index contributed by atoms with van der Waals surface area (Å²) in [6.07, 6.45) is 8.78. The summed E-state index contributed by atoms with van der Waals surface area (Å²) in [5.74, 6) is 0.847. The van der Waals surface area contributed by atoms with Crippen LogP contribution in [-0.2, 0) is 9.47 Å². The summed E-state index contributed by atoms with van der Waals surface area (Å²) < 4.78 is 11.1. The van der Waals surface area contributed by atoms with E-state index in [-0.39, 0.29) is 6.79 Å². The maximum atomic E-state index is 10.1. The van der Waals surface area contributed by atoms with Gasteiger partial charge in [0.2, 0.25) is 6.20 Å². The van der Waals surface area contributed by atoms with E-state index in [2.05, 4.69) is 5.32 Å². The SMILES string of the molecule is CSC12CC(CNC=C[N+](=O)[O-])=CC=C1OCO2. The number of ether oxygens (including phenoxy) is 2. The second kappa shape index (κ2) is 5.45. The van der Waals surface area contributed by atoms with Gasteiger partial charge in [-0.15, -0.1) is 11.8 Å². The summed E-state index contributed by atoms with van der Waals surface area (Å²) in [6.45, 7) is 0.836. The third-order valence-corrected chi connectivity index (χ3v) is 3.91. The van der Waals surface area contributed by atoms with Crippen molar-refractivity contribution in [1.29, 1.82) is 0 Å². The average molecular weight is 270 g/mol. The van der Waals surface area contributed by atoms with Gasteiger partial charge in [-0.2, -0.15) is 0 Å². The minimum absolute atomic E-state index is 0.280. The zero-order chi connectivity index (χ0) is 13.0. The van der Waals surface area contributed by atoms with Crippen LogP contribution in [0.15, 0.2) is 35.9 Å². The van der Waals surface area contributed by atoms with Crippen LogP contribution < -0.4 is 5.32 Å². The Labute approximate surface area is 109 Å². The molecule has 1 heterocycles. The molecular weight excluding hydrogens is 256 g/mol. The number of thioether (sulfide) groups is 1. The zero-order valence-corrected chi connectivity index (χ0v) is 10.7. The van der Waals surface area contributed by atoms with Crippen LogP contribution in [0.1, 0.15) is 6.42 Å². The van der Waals surface area contributed by atoms with Gasteiger partial charge in [0.1, 0.15) is 5.76 Å². The molecule has 0 radical (unpaired) electrons. The van der Waals surface area contributed by atoms with Crippen molar-refractivity contribution in [2.24, 2.45) is 0 Å². The number of hydrogen-bond acceptors (Lipinski definition) is 6. The Morgan fingerprint density at radius 1 is 1.67 bits per heavy atom. The van der Waals surface area contributed by atoms with E-state index in [0.717, 1.165) is 24.0 Å². The summed E-state index contributed by atoms with van der Waals surface area (Å²) in [5, 5.41) is 13.0. The summed E-state index contributed by atoms with van der Waals surface area (Å²) in [4.78, 5) is 9.19. The topological polar surface area (TPSA) is 73.6 Å². The predicted molar refractivity (Wildman–Crippen MR) is 68.2 cm³/mol. The monoisotopic (exact) mass is 270 g/mol. The lowest BCUT2D eigenvalue weighted by Gasteiger charge is -2.28. The lowest BCUT2D eigenvalue weighted by Crippen LogP contribution is -2.29. The molecule has 1 aliphatic carbocycles. The molecule has 2 aliphatic rings. The number of rotatable bonds is 5. The Hall–Kier alpha value is -1.47. The van der Waals surface area contributed by atoms with E-state index >= 15 is 0 Å². The van der Waals surface area contributed by atoms with Crippen molar-refractivity contribution < 1.29 is 14.4 Å². The second-order valence-electron chi connectivity index (χ2n) is 3.88. The normalized spacial score (nSPS) is 26.3. The van der Waals surface area contributed by atoms with Crippen LogP contribution in [0, 0.1) is 10.1 Å². The molecule has 2 rings (SSSR count). The number of fused-ring (bicyclic) bond motifs is 1. The van der Waals surface area contributed by atoms with Crippen LogP contribution in [0.5, 0.6) is 0 Å². The summed E-state index contributed by atoms with van der Waals surface area (Å²) in [5.41, 5.74) is 1.12. The van der Waals surface area contributed by atoms with E-state index in [1.807, 2.05) is 18.4 Å². The molecular formula is C11H14N2O4S. The zero-order valence-electron chi connectivity index (χ0n) is 9.92. The second-order valence-corrected chi connectivity index (χ2v) is 4.95. The van der Waals surface area contributed by atoms with Gasteiger partial charge in [0.15, 0.2) is 11.7 Å². The molecule has 98 valence electrons. The fourth-order valence-electron chi connectivity index (χ4n) is 1.89. The van der Waals surface area contributed by atoms with E-state index in [1.54, 1.807) is 11.8 Å². The van der Waals surface area contributed by atoms with Crippen LogP contribution in [0.3, 0.4) is 0 Å². The Kier molecular flexibility index (Phi) is 3.93. The first-order chi connectivity index (χ1) is 8.66. The number of nitrogens with zero attached hydrogens (tertiary/aromatic N) is 1. The van der Waals surface area contributed by atoms with Crippen molar-refractivity contribution in [2.45, 2.75) is 11.4 Å². The molecule has 6 nitrogen and oxygen atoms in total. The van der Waals surface area contributed by atoms with Crippen molar-refractivity contribution >= 4 is 11.8 Å². The van der Waals surface area contributed by atoms with Crippen LogP contribution >= 0.6 is 11.8 Å². The van der Waals surface area contributed by atoms with Crippen molar-refractivity contribution in [3.8, 4) is 0 Å². The molecule has 0 amide bonds. The highest BCUT2D eigenvalue weighted by Crippen LogP contribution is 2.45. The molecule has 7 heteroatoms. The van der Waals surface area contributed by atoms with Gasteiger partial charge < -0.3 is 14.8 Å². The summed E-state index contributed by atoms with van der Waals surface area (Å²) >= 11 is 1.60. The van der Waals surface area contributed by atoms with Gasteiger partial charge in [-0.3, -0.25) is 10.1 Å². The van der Waals surface area contributed by atoms with Gasteiger partial charge in [0, 0.05) is 13.0 Å². The van der Waals surface area contributed by atoms with Gasteiger partial charge in [0.05, 0.1) is 11.1 Å². The molecule has 0 aromatic heterocycles. The highest BCUT2D eigenvalue weighted by molar-refractivity contribution is 8.00. The molecule has 0 spiro atoms. The van der Waals surface area contributed by atoms with E-state index in [0.29, 0.717) is 6.54 Å². The lowest BCUT2D eigenvalue weighted by molar-refractivity contribution is -0.402. The third-order valence-electron chi connectivity index (χ3n) is 2.79. The number of allylic oxidation sites excluding steroid dienone is 2. The van der Waals surface area contributed by atoms with Gasteiger partial charge in [-0.1, -0.05) is 6.08 Å². The molecule has 1 N–H and O–H groups in total. The standard InChI is InChI=1S/C11H14N2O4S/c1-18-11-6-9(7-12-4-5-13(14)15)2-3-10(11)16-8-17-11/h2-5,12H,6-8H2,1H3. The first-order valence-corrected chi connectivity index (χ1v) is 6.64. The molecule has 18 heavy (non-hydrogen) atoms. The van der Waals surface area contributed by atoms with Crippen molar-refractivity contribution in [3.05, 3.63) is 46.0 Å². The van der Waals surface area contributed by atoms with E-state index in [4.69, 9.17) is 9.47 Å². The van der Waals surface area contributed by atoms with Crippen molar-refractivity contribution in [2.75, 3.05) is 19.6 Å². The largest absolute Gasteiger partial charge is 0.468 e. The quantitative estimate of drug-likeness (QED) is 0.604. The first kappa shape index (κ1) is 13.0. The van der Waals surface area contributed by atoms with E-state index in [9.17, 15) is 10.1 Å². The minimum atomic E-state index is -0.502. The minimum Gasteiger partial charge on any atom is -0.468 e. The summed E-state index contributed by atoms with van der Waals surface area (Å²) in [6, 6.07) is 0. The molecule has 1 saturated heterocycles. The maximum absolute atomic E-state index is 10.1. The van der Waals surface area contributed by atoms with E-state index in [1.165, 1.54) is 6.20 Å². The van der Waals surface area contributed by atoms with Gasteiger partial charge in [-0.05, 0) is 17.9 Å². The fourth-order valence-corrected chi connectivity index (χ4v) is 2.71. The Morgan fingerprint density at radius 3 is 3.22 bits per heavy atom. The smallest absolute Gasteiger partial charge is 0.249 e. The maximum Gasteiger partial charge on any atom is 0.249 e. The average Bonchev–Trinajstić information content (AvgIpc) is 2.78. The molecule has 0 aromatic carbocycles. The van der Waals surface area contributed by atoms with Gasteiger partial charge in [0.25, 0.3) is 0 Å². The Bertz CT molecular complexity index is 433. The van der Waals surface area contributed by atoms with Crippen LogP contribution in [0.25, 0.3) is 0 Å². The Balaban J connectivity index is 1.94. The van der Waals surface area contributed by atoms with E-state index < -0.39 is 9.86 Å². The molecule has 0 aromatic rings. The third kappa shape index (κ3) is 2.68. The van der Waals surface area contributed by atoms with Crippen LogP contribution in [-0.4, -0.2) is 29.4 Å². The summed E-state index contributed by atoms with van der Waals surface area (Å²) in [7, 11) is 0. The molecule has 1 atom stereocenters. The Morgan fingerprint density at radius 2 is 2.50 bits per heavy atom.